The number of hydrogen-bond acceptors (Lipinski definition) is 4. The van der Waals surface area contributed by atoms with Crippen molar-refractivity contribution in [3.8, 4) is 5.75 Å². The van der Waals surface area contributed by atoms with Gasteiger partial charge in [0.1, 0.15) is 5.75 Å². The van der Waals surface area contributed by atoms with Crippen LogP contribution in [-0.2, 0) is 4.74 Å². The van der Waals surface area contributed by atoms with Gasteiger partial charge in [-0.2, -0.15) is 0 Å². The molecule has 1 aromatic carbocycles. The van der Waals surface area contributed by atoms with Gasteiger partial charge in [0, 0.05) is 5.56 Å². The summed E-state index contributed by atoms with van der Waals surface area (Å²) in [5.74, 6) is 0.325. The molecule has 2 N–H and O–H groups in total. The van der Waals surface area contributed by atoms with Crippen LogP contribution in [0.1, 0.15) is 36.7 Å². The smallest absolute Gasteiger partial charge is 0.339 e. The zero-order chi connectivity index (χ0) is 15.7. The van der Waals surface area contributed by atoms with E-state index in [-0.39, 0.29) is 5.04 Å². The normalized spacial score (nSPS) is 12.2. The number of carbonyl (C=O) groups excluding carboxylic acids is 1. The summed E-state index contributed by atoms with van der Waals surface area (Å²) in [4.78, 5) is 11.6. The number of hydrogen-bond donors (Lipinski definition) is 1. The summed E-state index contributed by atoms with van der Waals surface area (Å²) in [5.41, 5.74) is 7.62. The Morgan fingerprint density at radius 3 is 2.25 bits per heavy atom. The van der Waals surface area contributed by atoms with Crippen molar-refractivity contribution in [2.75, 3.05) is 12.8 Å². The quantitative estimate of drug-likeness (QED) is 0.524. The third kappa shape index (κ3) is 3.15. The van der Waals surface area contributed by atoms with Crippen LogP contribution in [0.2, 0.25) is 18.1 Å². The fraction of sp³-hybridized carbons (Fsp3) is 0.533. The lowest BCUT2D eigenvalue weighted by molar-refractivity contribution is 0.0602. The van der Waals surface area contributed by atoms with Gasteiger partial charge in [0.2, 0.25) is 8.32 Å². The molecule has 1 aromatic rings. The Morgan fingerprint density at radius 2 is 1.80 bits per heavy atom. The van der Waals surface area contributed by atoms with Gasteiger partial charge in [0.05, 0.1) is 18.4 Å². The Kier molecular flexibility index (Phi) is 4.54. The van der Waals surface area contributed by atoms with Gasteiger partial charge in [-0.3, -0.25) is 0 Å². The molecule has 5 heteroatoms. The van der Waals surface area contributed by atoms with E-state index in [1.807, 2.05) is 6.92 Å². The number of rotatable bonds is 3. The van der Waals surface area contributed by atoms with Gasteiger partial charge in [-0.25, -0.2) is 4.79 Å². The number of nitrogen functional groups attached to an aromatic ring is 1. The number of carbonyl (C=O) groups is 1. The van der Waals surface area contributed by atoms with Crippen molar-refractivity contribution in [1.82, 2.24) is 0 Å². The second-order valence-corrected chi connectivity index (χ2v) is 11.2. The monoisotopic (exact) mass is 295 g/mol. The van der Waals surface area contributed by atoms with Crippen LogP contribution in [0.4, 0.5) is 5.69 Å². The topological polar surface area (TPSA) is 61.5 Å². The number of ether oxygens (including phenoxy) is 1. The second-order valence-electron chi connectivity index (χ2n) is 6.50. The van der Waals surface area contributed by atoms with Crippen molar-refractivity contribution in [3.63, 3.8) is 0 Å². The highest BCUT2D eigenvalue weighted by Crippen LogP contribution is 2.39. The highest BCUT2D eigenvalue weighted by atomic mass is 28.4. The van der Waals surface area contributed by atoms with Gasteiger partial charge in [-0.1, -0.05) is 20.8 Å². The second kappa shape index (κ2) is 5.48. The van der Waals surface area contributed by atoms with E-state index in [0.717, 1.165) is 11.3 Å². The average Bonchev–Trinajstić information content (AvgIpc) is 2.33. The van der Waals surface area contributed by atoms with Crippen molar-refractivity contribution in [2.45, 2.75) is 45.8 Å². The van der Waals surface area contributed by atoms with E-state index in [9.17, 15) is 4.79 Å². The van der Waals surface area contributed by atoms with E-state index >= 15 is 0 Å². The Hall–Kier alpha value is -1.49. The molecule has 4 nitrogen and oxygen atoms in total. The highest BCUT2D eigenvalue weighted by molar-refractivity contribution is 6.74. The molecular weight excluding hydrogens is 270 g/mol. The Balaban J connectivity index is 3.18. The zero-order valence-electron chi connectivity index (χ0n) is 13.5. The maximum absolute atomic E-state index is 11.6. The van der Waals surface area contributed by atoms with E-state index in [2.05, 4.69) is 33.9 Å². The predicted molar refractivity (Wildman–Crippen MR) is 84.8 cm³/mol. The minimum absolute atomic E-state index is 0.106. The standard InChI is InChI=1S/C15H25NO3Si/c1-10-12(19-20(6,7)15(2,3)4)9-8-11(13(10)16)14(17)18-5/h8-9H,16H2,1-7H3. The van der Waals surface area contributed by atoms with Crippen LogP contribution >= 0.6 is 0 Å². The molecule has 112 valence electrons. The summed E-state index contributed by atoms with van der Waals surface area (Å²) < 4.78 is 11.0. The van der Waals surface area contributed by atoms with Crippen LogP contribution in [0.3, 0.4) is 0 Å². The number of benzene rings is 1. The molecule has 0 aliphatic rings. The Morgan fingerprint density at radius 1 is 1.25 bits per heavy atom. The molecule has 1 rings (SSSR count). The van der Waals surface area contributed by atoms with Gasteiger partial charge in [0.15, 0.2) is 0 Å². The molecule has 0 aliphatic heterocycles. The van der Waals surface area contributed by atoms with Crippen molar-refractivity contribution in [2.24, 2.45) is 0 Å². The van der Waals surface area contributed by atoms with Gasteiger partial charge in [-0.15, -0.1) is 0 Å². The van der Waals surface area contributed by atoms with Crippen molar-refractivity contribution in [1.29, 1.82) is 0 Å². The molecule has 0 saturated heterocycles. The first-order chi connectivity index (χ1) is 9.01. The maximum atomic E-state index is 11.6. The zero-order valence-corrected chi connectivity index (χ0v) is 14.5. The van der Waals surface area contributed by atoms with E-state index in [4.69, 9.17) is 14.9 Å². The number of esters is 1. The summed E-state index contributed by atoms with van der Waals surface area (Å²) >= 11 is 0. The largest absolute Gasteiger partial charge is 0.543 e. The molecule has 0 unspecified atom stereocenters. The van der Waals surface area contributed by atoms with E-state index in [0.29, 0.717) is 11.3 Å². The lowest BCUT2D eigenvalue weighted by Gasteiger charge is -2.37. The Labute approximate surface area is 122 Å². The SMILES string of the molecule is COC(=O)c1ccc(O[Si](C)(C)C(C)(C)C)c(C)c1N. The number of nitrogens with two attached hydrogens (primary N) is 1. The van der Waals surface area contributed by atoms with Gasteiger partial charge >= 0.3 is 5.97 Å². The molecule has 0 aliphatic carbocycles. The first kappa shape index (κ1) is 16.6. The lowest BCUT2D eigenvalue weighted by atomic mass is 10.1. The third-order valence-electron chi connectivity index (χ3n) is 4.04. The number of methoxy groups -OCH3 is 1. The minimum atomic E-state index is -1.92. The predicted octanol–water partition coefficient (Wildman–Crippen LogP) is 3.75. The van der Waals surface area contributed by atoms with E-state index in [1.165, 1.54) is 7.11 Å². The van der Waals surface area contributed by atoms with Gasteiger partial charge in [-0.05, 0) is 37.2 Å². The highest BCUT2D eigenvalue weighted by Gasteiger charge is 2.39. The molecule has 0 spiro atoms. The van der Waals surface area contributed by atoms with Crippen LogP contribution in [0.15, 0.2) is 12.1 Å². The lowest BCUT2D eigenvalue weighted by Crippen LogP contribution is -2.44. The molecular formula is C15H25NO3Si. The summed E-state index contributed by atoms with van der Waals surface area (Å²) in [5, 5.41) is 0.106. The molecule has 0 saturated carbocycles. The van der Waals surface area contributed by atoms with Gasteiger partial charge in [0.25, 0.3) is 0 Å². The van der Waals surface area contributed by atoms with Crippen molar-refractivity contribution >= 4 is 20.0 Å². The molecule has 0 fully saturated rings. The molecule has 0 atom stereocenters. The van der Waals surface area contributed by atoms with Crippen LogP contribution in [-0.4, -0.2) is 21.4 Å². The maximum Gasteiger partial charge on any atom is 0.339 e. The summed E-state index contributed by atoms with van der Waals surface area (Å²) in [6, 6.07) is 3.47. The van der Waals surface area contributed by atoms with Crippen LogP contribution in [0, 0.1) is 6.92 Å². The van der Waals surface area contributed by atoms with Crippen LogP contribution in [0.5, 0.6) is 5.75 Å². The molecule has 0 heterocycles. The number of anilines is 1. The van der Waals surface area contributed by atoms with Crippen molar-refractivity contribution in [3.05, 3.63) is 23.3 Å². The average molecular weight is 295 g/mol. The fourth-order valence-corrected chi connectivity index (χ4v) is 2.61. The summed E-state index contributed by atoms with van der Waals surface area (Å²) in [6.45, 7) is 12.8. The minimum Gasteiger partial charge on any atom is -0.543 e. The van der Waals surface area contributed by atoms with E-state index in [1.54, 1.807) is 12.1 Å². The molecule has 0 amide bonds. The summed E-state index contributed by atoms with van der Waals surface area (Å²) in [7, 11) is -0.580. The fourth-order valence-electron chi connectivity index (χ4n) is 1.54. The molecule has 0 radical (unpaired) electrons. The van der Waals surface area contributed by atoms with Crippen molar-refractivity contribution < 1.29 is 14.0 Å². The van der Waals surface area contributed by atoms with E-state index < -0.39 is 14.3 Å². The third-order valence-corrected chi connectivity index (χ3v) is 8.38. The molecule has 20 heavy (non-hydrogen) atoms. The first-order valence-corrected chi connectivity index (χ1v) is 9.58. The Bertz CT molecular complexity index is 519. The van der Waals surface area contributed by atoms with Gasteiger partial charge < -0.3 is 14.9 Å². The van der Waals surface area contributed by atoms with Crippen LogP contribution < -0.4 is 10.2 Å². The molecule has 0 aromatic heterocycles. The summed E-state index contributed by atoms with van der Waals surface area (Å²) in [6.07, 6.45) is 0. The van der Waals surface area contributed by atoms with Crippen LogP contribution in [0.25, 0.3) is 0 Å². The molecule has 0 bridgehead atoms. The first-order valence-electron chi connectivity index (χ1n) is 6.67.